The molecule has 21 heavy (non-hydrogen) atoms. The van der Waals surface area contributed by atoms with Gasteiger partial charge in [-0.3, -0.25) is 0 Å². The van der Waals surface area contributed by atoms with Crippen molar-refractivity contribution in [2.45, 2.75) is 32.1 Å². The van der Waals surface area contributed by atoms with Gasteiger partial charge in [0, 0.05) is 5.56 Å². The van der Waals surface area contributed by atoms with Gasteiger partial charge in [-0.25, -0.2) is 0 Å². The van der Waals surface area contributed by atoms with Crippen LogP contribution in [0.1, 0.15) is 37.7 Å². The van der Waals surface area contributed by atoms with Gasteiger partial charge in [0.05, 0.1) is 7.11 Å². The summed E-state index contributed by atoms with van der Waals surface area (Å²) in [4.78, 5) is 0. The van der Waals surface area contributed by atoms with Crippen molar-refractivity contribution in [3.63, 3.8) is 0 Å². The summed E-state index contributed by atoms with van der Waals surface area (Å²) in [5.41, 5.74) is 2.49. The van der Waals surface area contributed by atoms with Crippen LogP contribution in [0.5, 0.6) is 5.75 Å². The first-order valence-electron chi connectivity index (χ1n) is 7.80. The molecule has 0 amide bonds. The van der Waals surface area contributed by atoms with E-state index in [4.69, 9.17) is 4.74 Å². The maximum Gasteiger partial charge on any atom is 1.00 e. The van der Waals surface area contributed by atoms with Crippen molar-refractivity contribution < 1.29 is 39.4 Å². The van der Waals surface area contributed by atoms with Crippen LogP contribution in [-0.2, 0) is 4.74 Å². The molecular weight excluding hydrogens is 271 g/mol. The Morgan fingerprint density at radius 1 is 1.05 bits per heavy atom. The van der Waals surface area contributed by atoms with E-state index in [0.717, 1.165) is 23.2 Å². The Labute approximate surface area is 148 Å². The fourth-order valence-electron chi connectivity index (χ4n) is 5.10. The van der Waals surface area contributed by atoms with E-state index in [9.17, 15) is 5.11 Å². The summed E-state index contributed by atoms with van der Waals surface area (Å²) >= 11 is 0. The summed E-state index contributed by atoms with van der Waals surface area (Å²) in [5, 5.41) is 11.6. The number of ether oxygens (including phenoxy) is 1. The zero-order chi connectivity index (χ0) is 13.7. The Bertz CT molecular complexity index is 534. The number of methoxy groups -OCH3 is 1. The minimum atomic E-state index is 0. The number of benzene rings is 1. The molecule has 1 aromatic carbocycles. The molecule has 0 spiro atoms. The molecule has 0 aromatic heterocycles. The van der Waals surface area contributed by atoms with Crippen LogP contribution in [0.15, 0.2) is 29.8 Å². The maximum absolute atomic E-state index is 11.6. The second-order valence-corrected chi connectivity index (χ2v) is 6.82. The molecule has 4 fully saturated rings. The third-order valence-corrected chi connectivity index (χ3v) is 5.58. The fraction of sp³-hybridized carbons (Fsp3) is 0.556. The second-order valence-electron chi connectivity index (χ2n) is 6.82. The van der Waals surface area contributed by atoms with E-state index in [2.05, 4.69) is 0 Å². The van der Waals surface area contributed by atoms with Crippen molar-refractivity contribution in [2.24, 2.45) is 23.7 Å². The molecule has 106 valence electrons. The third kappa shape index (κ3) is 2.67. The van der Waals surface area contributed by atoms with E-state index in [1.807, 2.05) is 12.1 Å². The van der Waals surface area contributed by atoms with Gasteiger partial charge >= 0.3 is 29.6 Å². The van der Waals surface area contributed by atoms with Crippen LogP contribution in [0, 0.1) is 23.7 Å². The Kier molecular flexibility index (Phi) is 4.40. The van der Waals surface area contributed by atoms with Crippen molar-refractivity contribution in [2.75, 3.05) is 7.11 Å². The number of allylic oxidation sites excluding steroid dienone is 1. The normalized spacial score (nSPS) is 32.7. The predicted octanol–water partition coefficient (Wildman–Crippen LogP) is 0.578. The summed E-state index contributed by atoms with van der Waals surface area (Å²) in [6.45, 7) is 0. The van der Waals surface area contributed by atoms with E-state index in [-0.39, 0.29) is 35.3 Å². The van der Waals surface area contributed by atoms with E-state index < -0.39 is 0 Å². The number of hydrogen-bond donors (Lipinski definition) is 0. The Balaban J connectivity index is 0.00000132. The van der Waals surface area contributed by atoms with Gasteiger partial charge in [-0.05, 0) is 61.3 Å². The van der Waals surface area contributed by atoms with Gasteiger partial charge in [-0.1, -0.05) is 24.3 Å². The van der Waals surface area contributed by atoms with E-state index in [1.165, 1.54) is 37.7 Å². The van der Waals surface area contributed by atoms with Gasteiger partial charge in [0.2, 0.25) is 0 Å². The molecule has 0 heterocycles. The summed E-state index contributed by atoms with van der Waals surface area (Å²) in [7, 11) is 1.75. The summed E-state index contributed by atoms with van der Waals surface area (Å²) in [5.74, 6) is 4.38. The summed E-state index contributed by atoms with van der Waals surface area (Å²) in [6, 6.07) is 7.18. The maximum atomic E-state index is 11.6. The van der Waals surface area contributed by atoms with Crippen LogP contribution in [-0.4, -0.2) is 7.11 Å². The molecule has 4 aliphatic rings. The molecular formula is C18H21NaO2. The van der Waals surface area contributed by atoms with E-state index in [0.29, 0.717) is 11.8 Å². The van der Waals surface area contributed by atoms with Gasteiger partial charge in [0.25, 0.3) is 0 Å². The van der Waals surface area contributed by atoms with Gasteiger partial charge in [-0.2, -0.15) is 0 Å². The van der Waals surface area contributed by atoms with Crippen molar-refractivity contribution in [3.8, 4) is 5.75 Å². The first kappa shape index (κ1) is 15.5. The van der Waals surface area contributed by atoms with Crippen LogP contribution < -0.4 is 34.7 Å². The van der Waals surface area contributed by atoms with Crippen LogP contribution in [0.25, 0.3) is 5.76 Å². The summed E-state index contributed by atoms with van der Waals surface area (Å²) in [6.07, 6.45) is 6.82. The minimum Gasteiger partial charge on any atom is -0.872 e. The quantitative estimate of drug-likeness (QED) is 0.590. The molecule has 5 rings (SSSR count). The first-order chi connectivity index (χ1) is 9.74. The Morgan fingerprint density at radius 3 is 2.19 bits per heavy atom. The van der Waals surface area contributed by atoms with Gasteiger partial charge in [0.1, 0.15) is 5.76 Å². The molecule has 0 aliphatic heterocycles. The standard InChI is InChI=1S/C18H22O2.Na/c1-20-18(13-3-2-4-16(19)10-13)17-14-6-11-5-12(8-14)9-15(17)7-11;/h2-4,10-12,14-15,19H,5-9H2,1H3;/q;+1/p-1. The molecule has 2 nitrogen and oxygen atoms in total. The van der Waals surface area contributed by atoms with Gasteiger partial charge < -0.3 is 9.84 Å². The van der Waals surface area contributed by atoms with Crippen LogP contribution in [0.2, 0.25) is 0 Å². The zero-order valence-corrected chi connectivity index (χ0v) is 15.0. The monoisotopic (exact) mass is 292 g/mol. The topological polar surface area (TPSA) is 32.3 Å². The molecule has 0 atom stereocenters. The Morgan fingerprint density at radius 2 is 1.67 bits per heavy atom. The molecule has 4 aliphatic carbocycles. The molecule has 3 heteroatoms. The average molecular weight is 292 g/mol. The molecule has 0 saturated heterocycles. The fourth-order valence-corrected chi connectivity index (χ4v) is 5.10. The molecule has 0 unspecified atom stereocenters. The molecule has 1 aromatic rings. The largest absolute Gasteiger partial charge is 1.00 e. The van der Waals surface area contributed by atoms with E-state index in [1.54, 1.807) is 19.2 Å². The van der Waals surface area contributed by atoms with Gasteiger partial charge in [0.15, 0.2) is 0 Å². The second kappa shape index (κ2) is 5.98. The van der Waals surface area contributed by atoms with Crippen molar-refractivity contribution in [1.82, 2.24) is 0 Å². The Hall–Kier alpha value is -0.440. The number of hydrogen-bond acceptors (Lipinski definition) is 2. The smallest absolute Gasteiger partial charge is 0.872 e. The van der Waals surface area contributed by atoms with E-state index >= 15 is 0 Å². The minimum absolute atomic E-state index is 0. The first-order valence-corrected chi connectivity index (χ1v) is 7.80. The SMILES string of the molecule is COC(=C1C2CC3CC(C2)CC1C3)c1cccc([O-])c1.[Na+]. The molecule has 0 radical (unpaired) electrons. The van der Waals surface area contributed by atoms with Crippen molar-refractivity contribution >= 4 is 5.76 Å². The average Bonchev–Trinajstić information content (AvgIpc) is 2.42. The van der Waals surface area contributed by atoms with Gasteiger partial charge in [-0.15, -0.1) is 5.75 Å². The molecule has 4 bridgehead atoms. The third-order valence-electron chi connectivity index (χ3n) is 5.58. The van der Waals surface area contributed by atoms with Crippen molar-refractivity contribution in [3.05, 3.63) is 35.4 Å². The van der Waals surface area contributed by atoms with Crippen molar-refractivity contribution in [1.29, 1.82) is 0 Å². The number of rotatable bonds is 2. The predicted molar refractivity (Wildman–Crippen MR) is 76.9 cm³/mol. The van der Waals surface area contributed by atoms with Crippen LogP contribution in [0.3, 0.4) is 0 Å². The molecule has 0 N–H and O–H groups in total. The van der Waals surface area contributed by atoms with Crippen LogP contribution in [0.4, 0.5) is 0 Å². The summed E-state index contributed by atoms with van der Waals surface area (Å²) < 4.78 is 5.76. The zero-order valence-electron chi connectivity index (χ0n) is 13.0. The van der Waals surface area contributed by atoms with Crippen LogP contribution >= 0.6 is 0 Å². The molecule has 4 saturated carbocycles.